The average molecular weight is 1160 g/mol. The predicted molar refractivity (Wildman–Crippen MR) is 334 cm³/mol. The molecule has 7 heterocycles. The molecule has 0 saturated carbocycles. The summed E-state index contributed by atoms with van der Waals surface area (Å²) >= 11 is 0. The van der Waals surface area contributed by atoms with Crippen LogP contribution in [0.15, 0.2) is 85.9 Å². The van der Waals surface area contributed by atoms with E-state index < -0.39 is 0 Å². The van der Waals surface area contributed by atoms with Crippen LogP contribution < -0.4 is 34.4 Å². The average Bonchev–Trinajstić information content (AvgIpc) is 4.35. The number of primary amides is 6. The van der Waals surface area contributed by atoms with Crippen molar-refractivity contribution >= 4 is 41.4 Å². The number of amides is 7. The Balaban J connectivity index is 0.000000486. The van der Waals surface area contributed by atoms with E-state index in [0.717, 1.165) is 163 Å². The van der Waals surface area contributed by atoms with Gasteiger partial charge in [-0.3, -0.25) is 33.6 Å². The van der Waals surface area contributed by atoms with E-state index in [-0.39, 0.29) is 59.5 Å². The number of carbonyl (C=O) groups is 7. The Morgan fingerprint density at radius 1 is 0.506 bits per heavy atom. The van der Waals surface area contributed by atoms with E-state index in [9.17, 15) is 33.6 Å². The van der Waals surface area contributed by atoms with Crippen LogP contribution in [0.1, 0.15) is 153 Å². The summed E-state index contributed by atoms with van der Waals surface area (Å²) in [6.07, 6.45) is 13.4. The molecule has 7 fully saturated rings. The summed E-state index contributed by atoms with van der Waals surface area (Å²) in [4.78, 5) is 92.2. The van der Waals surface area contributed by atoms with Crippen LogP contribution in [0.5, 0.6) is 0 Å². The van der Waals surface area contributed by atoms with Crippen LogP contribution in [-0.2, 0) is 33.6 Å². The van der Waals surface area contributed by atoms with Crippen LogP contribution in [0.3, 0.4) is 0 Å². The molecule has 83 heavy (non-hydrogen) atoms. The minimum atomic E-state index is -0.278. The third kappa shape index (κ3) is 24.8. The standard InChI is InChI=1S/C12H22N2O.C10H18N2O.C9H16N2O.3C8H14N2O.C7H12N2O/c1-5-13(6-2)12(15)9-14-10(3)7-8-11(14)4;1-4-9(10(11)13)12-7(2)5-6-8(12)3;1-6-4-5-7(2)11(6)8(3)9(10)12;1-6-3-7(2)10(4-6)5-8(9)11;1-6-3-4-10(7(6)2)5-8(9)11;1-6-4-3-5-10(6)7(2)8(9)11;1-6-3-2-4-9(6)5-7(8)10/h11H,3,5-9H2,1-2,4H3;8-9H,2,4-6H2,1,3H3,(H2,11,13);7-8H,1,4-5H2,2-3H3,(H2,10,12);2*6H,2-5H2,1H3,(H2,9,11);7H,1,3-5H2,2H3,(H2,9,11);1-5H2,(H2,8,10). The van der Waals surface area contributed by atoms with Crippen molar-refractivity contribution in [1.82, 2.24) is 39.2 Å². The van der Waals surface area contributed by atoms with Crippen LogP contribution in [0.4, 0.5) is 0 Å². The zero-order valence-electron chi connectivity index (χ0n) is 52.7. The van der Waals surface area contributed by atoms with Crippen molar-refractivity contribution in [3.63, 3.8) is 0 Å². The molecule has 7 rings (SSSR count). The van der Waals surface area contributed by atoms with Gasteiger partial charge in [0.05, 0.1) is 26.2 Å². The molecule has 21 nitrogen and oxygen atoms in total. The third-order valence-electron chi connectivity index (χ3n) is 16.4. The van der Waals surface area contributed by atoms with E-state index in [1.165, 1.54) is 0 Å². The minimum Gasteiger partial charge on any atom is -0.368 e. The highest BCUT2D eigenvalue weighted by atomic mass is 16.2. The number of carbonyl (C=O) groups excluding carboxylic acids is 7. The van der Waals surface area contributed by atoms with E-state index in [0.29, 0.717) is 56.1 Å². The smallest absolute Gasteiger partial charge is 0.242 e. The Hall–Kier alpha value is -6.93. The van der Waals surface area contributed by atoms with Crippen molar-refractivity contribution in [3.05, 3.63) is 85.9 Å². The SMILES string of the molecule is C=C1C(C)CCN1CC(N)=O.C=C1CC(C)CN1CC(N)=O.C=C1CCC(C)N1C(C)C(N)=O.C=C1CCC(C)N1C(CC)C(N)=O.C=C1CCC(C)N1CC(=O)N(CC)CC.C=C1CCCN1C(C)C(N)=O.C=C1CCCN1CC(N)=O. The maximum absolute atomic E-state index is 11.9. The first-order valence-electron chi connectivity index (χ1n) is 29.8. The van der Waals surface area contributed by atoms with Gasteiger partial charge in [-0.1, -0.05) is 66.8 Å². The lowest BCUT2D eigenvalue weighted by atomic mass is 10.1. The van der Waals surface area contributed by atoms with Gasteiger partial charge in [-0.05, 0) is 144 Å². The molecule has 7 aliphatic rings. The summed E-state index contributed by atoms with van der Waals surface area (Å²) in [5, 5.41) is 0. The molecular formula is C62H110N14O7. The molecule has 0 aromatic carbocycles. The molecule has 7 saturated heterocycles. The van der Waals surface area contributed by atoms with E-state index in [4.69, 9.17) is 34.4 Å². The number of allylic oxidation sites excluding steroid dienone is 7. The maximum Gasteiger partial charge on any atom is 0.242 e. The molecule has 12 N–H and O–H groups in total. The molecule has 7 amide bonds. The zero-order chi connectivity index (χ0) is 63.6. The van der Waals surface area contributed by atoms with Gasteiger partial charge >= 0.3 is 0 Å². The summed E-state index contributed by atoms with van der Waals surface area (Å²) in [7, 11) is 0. The second-order valence-corrected chi connectivity index (χ2v) is 23.1. The number of likely N-dealkylation sites (N-methyl/N-ethyl adjacent to an activating group) is 1. The molecule has 21 heteroatoms. The van der Waals surface area contributed by atoms with Gasteiger partial charge in [0.1, 0.15) is 18.1 Å². The summed E-state index contributed by atoms with van der Waals surface area (Å²) < 4.78 is 0. The molecule has 0 aliphatic carbocycles. The van der Waals surface area contributed by atoms with Gasteiger partial charge in [-0.15, -0.1) is 0 Å². The van der Waals surface area contributed by atoms with Gasteiger partial charge in [0.25, 0.3) is 0 Å². The second kappa shape index (κ2) is 36.6. The van der Waals surface area contributed by atoms with Gasteiger partial charge in [0, 0.05) is 97.3 Å². The molecule has 7 aliphatic heterocycles. The summed E-state index contributed by atoms with van der Waals surface area (Å²) in [5.74, 6) is -0.273. The molecule has 0 spiro atoms. The van der Waals surface area contributed by atoms with Crippen LogP contribution in [-0.4, -0.2) is 182 Å². The first-order valence-corrected chi connectivity index (χ1v) is 29.8. The van der Waals surface area contributed by atoms with Gasteiger partial charge in [-0.25, -0.2) is 0 Å². The lowest BCUT2D eigenvalue weighted by molar-refractivity contribution is -0.132. The van der Waals surface area contributed by atoms with Crippen LogP contribution in [0.25, 0.3) is 0 Å². The topological polar surface area (TPSA) is 302 Å². The third-order valence-corrected chi connectivity index (χ3v) is 16.4. The molecule has 0 bridgehead atoms. The van der Waals surface area contributed by atoms with Crippen molar-refractivity contribution < 1.29 is 33.6 Å². The van der Waals surface area contributed by atoms with E-state index >= 15 is 0 Å². The van der Waals surface area contributed by atoms with Crippen molar-refractivity contribution in [1.29, 1.82) is 0 Å². The van der Waals surface area contributed by atoms with Gasteiger partial charge in [-0.2, -0.15) is 0 Å². The first-order chi connectivity index (χ1) is 38.7. The summed E-state index contributed by atoms with van der Waals surface area (Å²) in [5.41, 5.74) is 38.2. The van der Waals surface area contributed by atoms with E-state index in [2.05, 4.69) is 90.5 Å². The Morgan fingerprint density at radius 2 is 0.976 bits per heavy atom. The Morgan fingerprint density at radius 3 is 1.33 bits per heavy atom. The number of nitrogens with zero attached hydrogens (tertiary/aromatic N) is 8. The normalized spacial score (nSPS) is 22.7. The van der Waals surface area contributed by atoms with Crippen LogP contribution in [0.2, 0.25) is 0 Å². The molecule has 470 valence electrons. The van der Waals surface area contributed by atoms with Gasteiger partial charge in [0.2, 0.25) is 41.4 Å². The fourth-order valence-corrected chi connectivity index (χ4v) is 11.2. The highest BCUT2D eigenvalue weighted by Gasteiger charge is 2.33. The molecule has 0 aromatic heterocycles. The van der Waals surface area contributed by atoms with Crippen molar-refractivity contribution in [3.8, 4) is 0 Å². The Labute approximate surface area is 498 Å². The van der Waals surface area contributed by atoms with Crippen molar-refractivity contribution in [2.24, 2.45) is 46.2 Å². The quantitative estimate of drug-likeness (QED) is 0.110. The number of likely N-dealkylation sites (tertiary alicyclic amines) is 7. The fourth-order valence-electron chi connectivity index (χ4n) is 11.2. The molecule has 0 radical (unpaired) electrons. The van der Waals surface area contributed by atoms with Crippen LogP contribution in [0, 0.1) is 11.8 Å². The lowest BCUT2D eigenvalue weighted by Gasteiger charge is -2.31. The highest BCUT2D eigenvalue weighted by Crippen LogP contribution is 2.31. The molecule has 8 unspecified atom stereocenters. The molecule has 0 aromatic rings. The fraction of sp³-hybridized carbons (Fsp3) is 0.661. The monoisotopic (exact) mass is 1160 g/mol. The minimum absolute atomic E-state index is 0.162. The first kappa shape index (κ1) is 74.1. The molecular weight excluding hydrogens is 1050 g/mol. The number of hydrogen-bond acceptors (Lipinski definition) is 14. The van der Waals surface area contributed by atoms with E-state index in [1.807, 2.05) is 64.0 Å². The highest BCUT2D eigenvalue weighted by molar-refractivity contribution is 5.81. The van der Waals surface area contributed by atoms with E-state index in [1.54, 1.807) is 0 Å². The largest absolute Gasteiger partial charge is 0.368 e. The Bertz CT molecular complexity index is 2270. The van der Waals surface area contributed by atoms with Crippen molar-refractivity contribution in [2.75, 3.05) is 65.4 Å². The number of nitrogens with two attached hydrogens (primary N) is 6. The lowest BCUT2D eigenvalue weighted by Crippen LogP contribution is -2.44. The number of rotatable bonds is 17. The van der Waals surface area contributed by atoms with Crippen LogP contribution >= 0.6 is 0 Å². The molecule has 8 atom stereocenters. The Kier molecular flexibility index (Phi) is 32.7. The van der Waals surface area contributed by atoms with Crippen molar-refractivity contribution in [2.45, 2.75) is 189 Å². The maximum atomic E-state index is 11.9. The zero-order valence-corrected chi connectivity index (χ0v) is 52.7. The summed E-state index contributed by atoms with van der Waals surface area (Å²) in [6.45, 7) is 54.3. The predicted octanol–water partition coefficient (Wildman–Crippen LogP) is 5.16. The second-order valence-electron chi connectivity index (χ2n) is 23.1. The van der Waals surface area contributed by atoms with Gasteiger partial charge in [0.15, 0.2) is 0 Å². The van der Waals surface area contributed by atoms with Gasteiger partial charge < -0.3 is 73.6 Å². The summed E-state index contributed by atoms with van der Waals surface area (Å²) in [6, 6.07) is 0.715. The number of hydrogen-bond donors (Lipinski definition) is 6.